The highest BCUT2D eigenvalue weighted by Crippen LogP contribution is 2.50. The number of methoxy groups -OCH3 is 1. The molecule has 1 unspecified atom stereocenters. The molecular formula is C19H19F3N3O4P. The molecule has 7 nitrogen and oxygen atoms in total. The van der Waals surface area contributed by atoms with E-state index in [4.69, 9.17) is 9.26 Å². The Balaban J connectivity index is 1.77. The van der Waals surface area contributed by atoms with Crippen molar-refractivity contribution in [1.82, 2.24) is 10.2 Å². The average Bonchev–Trinajstić information content (AvgIpc) is 3.19. The molecule has 160 valence electrons. The van der Waals surface area contributed by atoms with Gasteiger partial charge in [-0.15, -0.1) is 10.2 Å². The monoisotopic (exact) mass is 441 g/mol. The molecule has 0 fully saturated rings. The third-order valence-electron chi connectivity index (χ3n) is 3.97. The van der Waals surface area contributed by atoms with E-state index in [-0.39, 0.29) is 18.7 Å². The minimum absolute atomic E-state index is 0.0654. The standard InChI is InChI=1S/C19H19F3N3O4P/c1-3-28-30(26,25-15-5-4-6-16(11-15)27-2)12-13-7-9-14(10-8-13)17-23-24-18(29-17)19(20,21)22/h4-11H,3,12H2,1-2H3,(H,25,26). The van der Waals surface area contributed by atoms with Gasteiger partial charge in [-0.1, -0.05) is 18.2 Å². The SMILES string of the molecule is CCOP(=O)(Cc1ccc(-c2nnc(C(F)(F)F)o2)cc1)Nc1cccc(OC)c1. The zero-order valence-corrected chi connectivity index (χ0v) is 17.0. The molecule has 2 aromatic carbocycles. The molecule has 1 N–H and O–H groups in total. The fourth-order valence-electron chi connectivity index (χ4n) is 2.66. The molecule has 0 radical (unpaired) electrons. The number of halogens is 3. The number of hydrogen-bond acceptors (Lipinski definition) is 6. The topological polar surface area (TPSA) is 86.5 Å². The molecule has 0 aliphatic rings. The number of benzene rings is 2. The molecule has 0 spiro atoms. The van der Waals surface area contributed by atoms with E-state index in [1.807, 2.05) is 0 Å². The van der Waals surface area contributed by atoms with E-state index < -0.39 is 19.6 Å². The van der Waals surface area contributed by atoms with Crippen molar-refractivity contribution in [2.75, 3.05) is 18.8 Å². The van der Waals surface area contributed by atoms with Crippen LogP contribution >= 0.6 is 7.52 Å². The maximum Gasteiger partial charge on any atom is 0.470 e. The first-order valence-corrected chi connectivity index (χ1v) is 10.7. The highest BCUT2D eigenvalue weighted by Gasteiger charge is 2.38. The number of ether oxygens (including phenoxy) is 1. The van der Waals surface area contributed by atoms with Gasteiger partial charge in [0.25, 0.3) is 7.52 Å². The van der Waals surface area contributed by atoms with Crippen molar-refractivity contribution in [2.24, 2.45) is 0 Å². The zero-order chi connectivity index (χ0) is 21.8. The van der Waals surface area contributed by atoms with E-state index in [2.05, 4.69) is 19.7 Å². The van der Waals surface area contributed by atoms with E-state index in [9.17, 15) is 17.7 Å². The minimum atomic E-state index is -4.71. The van der Waals surface area contributed by atoms with Crippen LogP contribution in [0.5, 0.6) is 5.75 Å². The molecule has 0 saturated carbocycles. The van der Waals surface area contributed by atoms with Crippen molar-refractivity contribution in [3.63, 3.8) is 0 Å². The summed E-state index contributed by atoms with van der Waals surface area (Å²) >= 11 is 0. The van der Waals surface area contributed by atoms with Gasteiger partial charge in [0.05, 0.1) is 19.9 Å². The summed E-state index contributed by atoms with van der Waals surface area (Å²) < 4.78 is 66.4. The molecule has 0 bridgehead atoms. The molecular weight excluding hydrogens is 422 g/mol. The third kappa shape index (κ3) is 5.40. The lowest BCUT2D eigenvalue weighted by Crippen LogP contribution is -2.04. The zero-order valence-electron chi connectivity index (χ0n) is 16.1. The van der Waals surface area contributed by atoms with Gasteiger partial charge in [-0.25, -0.2) is 0 Å². The maximum atomic E-state index is 13.3. The predicted molar refractivity (Wildman–Crippen MR) is 104 cm³/mol. The molecule has 1 aromatic heterocycles. The highest BCUT2D eigenvalue weighted by molar-refractivity contribution is 7.59. The van der Waals surface area contributed by atoms with Crippen LogP contribution in [0.1, 0.15) is 18.4 Å². The smallest absolute Gasteiger partial charge is 0.470 e. The van der Waals surface area contributed by atoms with Gasteiger partial charge in [0.15, 0.2) is 0 Å². The quantitative estimate of drug-likeness (QED) is 0.455. The van der Waals surface area contributed by atoms with Gasteiger partial charge in [-0.05, 0) is 36.8 Å². The molecule has 0 amide bonds. The van der Waals surface area contributed by atoms with Crippen LogP contribution in [0.25, 0.3) is 11.5 Å². The van der Waals surface area contributed by atoms with Gasteiger partial charge in [0, 0.05) is 17.3 Å². The number of anilines is 1. The van der Waals surface area contributed by atoms with Crippen molar-refractivity contribution >= 4 is 13.2 Å². The average molecular weight is 441 g/mol. The molecule has 0 aliphatic heterocycles. The van der Waals surface area contributed by atoms with E-state index >= 15 is 0 Å². The van der Waals surface area contributed by atoms with Crippen LogP contribution in [0.3, 0.4) is 0 Å². The molecule has 1 heterocycles. The summed E-state index contributed by atoms with van der Waals surface area (Å²) in [5.41, 5.74) is 1.54. The molecule has 0 saturated heterocycles. The molecule has 3 rings (SSSR count). The Morgan fingerprint density at radius 3 is 2.47 bits per heavy atom. The molecule has 1 atom stereocenters. The van der Waals surface area contributed by atoms with Crippen molar-refractivity contribution in [3.05, 3.63) is 60.0 Å². The van der Waals surface area contributed by atoms with Crippen LogP contribution in [0.2, 0.25) is 0 Å². The predicted octanol–water partition coefficient (Wildman–Crippen LogP) is 5.61. The Morgan fingerprint density at radius 1 is 1.13 bits per heavy atom. The van der Waals surface area contributed by atoms with Crippen LogP contribution < -0.4 is 9.82 Å². The summed E-state index contributed by atoms with van der Waals surface area (Å²) in [6.45, 7) is 1.96. The first kappa shape index (κ1) is 21.9. The van der Waals surface area contributed by atoms with Crippen LogP contribution in [0.4, 0.5) is 18.9 Å². The minimum Gasteiger partial charge on any atom is -0.497 e. The van der Waals surface area contributed by atoms with Crippen molar-refractivity contribution < 1.29 is 31.4 Å². The Hall–Kier alpha value is -2.84. The lowest BCUT2D eigenvalue weighted by molar-refractivity contribution is -0.156. The Kier molecular flexibility index (Phi) is 6.48. The summed E-state index contributed by atoms with van der Waals surface area (Å²) in [4.78, 5) is 0. The molecule has 3 aromatic rings. The number of aromatic nitrogens is 2. The Bertz CT molecular complexity index is 1040. The summed E-state index contributed by atoms with van der Waals surface area (Å²) in [6.07, 6.45) is -4.64. The number of nitrogens with zero attached hydrogens (tertiary/aromatic N) is 2. The van der Waals surface area contributed by atoms with E-state index in [0.717, 1.165) is 0 Å². The normalized spacial score (nSPS) is 13.6. The van der Waals surface area contributed by atoms with E-state index in [1.54, 1.807) is 43.3 Å². The summed E-state index contributed by atoms with van der Waals surface area (Å²) in [6, 6.07) is 13.2. The van der Waals surface area contributed by atoms with Gasteiger partial charge < -0.3 is 18.8 Å². The highest BCUT2D eigenvalue weighted by atomic mass is 31.2. The second kappa shape index (κ2) is 8.89. The molecule has 30 heavy (non-hydrogen) atoms. The van der Waals surface area contributed by atoms with Gasteiger partial charge in [0.1, 0.15) is 5.75 Å². The van der Waals surface area contributed by atoms with Gasteiger partial charge in [0.2, 0.25) is 5.89 Å². The second-order valence-electron chi connectivity index (χ2n) is 6.20. The van der Waals surface area contributed by atoms with Gasteiger partial charge in [-0.2, -0.15) is 13.2 Å². The lowest BCUT2D eigenvalue weighted by Gasteiger charge is -2.20. The third-order valence-corrected chi connectivity index (χ3v) is 6.02. The number of nitrogens with one attached hydrogen (secondary N) is 1. The van der Waals surface area contributed by atoms with E-state index in [1.165, 1.54) is 19.2 Å². The first-order chi connectivity index (χ1) is 14.2. The number of hydrogen-bond donors (Lipinski definition) is 1. The fourth-order valence-corrected chi connectivity index (χ4v) is 4.54. The van der Waals surface area contributed by atoms with Crippen molar-refractivity contribution in [1.29, 1.82) is 0 Å². The summed E-state index contributed by atoms with van der Waals surface area (Å²) in [5, 5.41) is 9.36. The fraction of sp³-hybridized carbons (Fsp3) is 0.263. The van der Waals surface area contributed by atoms with Crippen molar-refractivity contribution in [2.45, 2.75) is 19.3 Å². The van der Waals surface area contributed by atoms with Crippen molar-refractivity contribution in [3.8, 4) is 17.2 Å². The van der Waals surface area contributed by atoms with Crippen LogP contribution in [0, 0.1) is 0 Å². The summed E-state index contributed by atoms with van der Waals surface area (Å²) in [5.74, 6) is -1.06. The van der Waals surface area contributed by atoms with Crippen LogP contribution in [-0.4, -0.2) is 23.9 Å². The Morgan fingerprint density at radius 2 is 1.87 bits per heavy atom. The van der Waals surface area contributed by atoms with E-state index in [0.29, 0.717) is 22.6 Å². The Labute approximate surface area is 170 Å². The molecule has 11 heteroatoms. The largest absolute Gasteiger partial charge is 0.497 e. The summed E-state index contributed by atoms with van der Waals surface area (Å²) in [7, 11) is -1.77. The lowest BCUT2D eigenvalue weighted by atomic mass is 10.1. The van der Waals surface area contributed by atoms with Gasteiger partial charge in [-0.3, -0.25) is 4.57 Å². The van der Waals surface area contributed by atoms with Gasteiger partial charge >= 0.3 is 12.1 Å². The number of alkyl halides is 3. The second-order valence-corrected chi connectivity index (χ2v) is 8.34. The number of rotatable bonds is 8. The first-order valence-electron chi connectivity index (χ1n) is 8.88. The maximum absolute atomic E-state index is 13.3. The van der Waals surface area contributed by atoms with Crippen LogP contribution in [0.15, 0.2) is 52.9 Å². The van der Waals surface area contributed by atoms with Crippen LogP contribution in [-0.2, 0) is 21.4 Å². The molecule has 0 aliphatic carbocycles.